The second-order valence-electron chi connectivity index (χ2n) is 7.81. The predicted molar refractivity (Wildman–Crippen MR) is 80.6 cm³/mol. The van der Waals surface area contributed by atoms with Gasteiger partial charge in [0.1, 0.15) is 0 Å². The molecule has 0 aromatic rings. The quantitative estimate of drug-likeness (QED) is 0.862. The van der Waals surface area contributed by atoms with Crippen LogP contribution in [0.5, 0.6) is 0 Å². The molecule has 2 aliphatic rings. The Kier molecular flexibility index (Phi) is 4.18. The van der Waals surface area contributed by atoms with Gasteiger partial charge < -0.3 is 15.0 Å². The number of likely N-dealkylation sites (tertiary alicyclic amines) is 1. The van der Waals surface area contributed by atoms with E-state index in [1.54, 1.807) is 0 Å². The number of nitrogens with one attached hydrogen (secondary N) is 1. The first-order valence-electron chi connectivity index (χ1n) is 7.86. The summed E-state index contributed by atoms with van der Waals surface area (Å²) in [5.41, 5.74) is -0.202. The first-order chi connectivity index (χ1) is 9.11. The average Bonchev–Trinajstić information content (AvgIpc) is 2.80. The zero-order valence-electron chi connectivity index (χ0n) is 13.8. The molecule has 20 heavy (non-hydrogen) atoms. The lowest BCUT2D eigenvalue weighted by Crippen LogP contribution is -2.49. The van der Waals surface area contributed by atoms with Gasteiger partial charge in [0.2, 0.25) is 5.91 Å². The number of carbonyl (C=O) groups excluding carboxylic acids is 1. The Bertz CT molecular complexity index is 377. The summed E-state index contributed by atoms with van der Waals surface area (Å²) >= 11 is 0. The molecule has 0 radical (unpaired) electrons. The molecule has 1 amide bonds. The van der Waals surface area contributed by atoms with Gasteiger partial charge in [-0.15, -0.1) is 0 Å². The Hall–Kier alpha value is -0.610. The van der Waals surface area contributed by atoms with Crippen LogP contribution in [0, 0.1) is 5.92 Å². The molecule has 0 aromatic carbocycles. The SMILES string of the molecule is CC(C)C(=O)N1CCC(NC2CC(C)(C)OC2(C)C)C1. The normalized spacial score (nSPS) is 32.0. The van der Waals surface area contributed by atoms with Crippen LogP contribution in [-0.4, -0.2) is 47.2 Å². The topological polar surface area (TPSA) is 41.6 Å². The highest BCUT2D eigenvalue weighted by Gasteiger charge is 2.46. The summed E-state index contributed by atoms with van der Waals surface area (Å²) in [4.78, 5) is 14.0. The van der Waals surface area contributed by atoms with Crippen LogP contribution in [0.4, 0.5) is 0 Å². The van der Waals surface area contributed by atoms with Crippen molar-refractivity contribution in [2.24, 2.45) is 5.92 Å². The molecule has 116 valence electrons. The Morgan fingerprint density at radius 2 is 1.95 bits per heavy atom. The summed E-state index contributed by atoms with van der Waals surface area (Å²) in [7, 11) is 0. The highest BCUT2D eigenvalue weighted by atomic mass is 16.5. The Morgan fingerprint density at radius 1 is 1.30 bits per heavy atom. The van der Waals surface area contributed by atoms with Crippen molar-refractivity contribution in [2.75, 3.05) is 13.1 Å². The summed E-state index contributed by atoms with van der Waals surface area (Å²) in [5.74, 6) is 0.371. The fourth-order valence-corrected chi connectivity index (χ4v) is 3.57. The molecule has 2 unspecified atom stereocenters. The second-order valence-corrected chi connectivity index (χ2v) is 7.81. The van der Waals surface area contributed by atoms with Gasteiger partial charge in [0.25, 0.3) is 0 Å². The van der Waals surface area contributed by atoms with Gasteiger partial charge in [-0.3, -0.25) is 4.79 Å². The summed E-state index contributed by atoms with van der Waals surface area (Å²) < 4.78 is 6.13. The van der Waals surface area contributed by atoms with E-state index in [4.69, 9.17) is 4.74 Å². The van der Waals surface area contributed by atoms with E-state index < -0.39 is 0 Å². The van der Waals surface area contributed by atoms with Crippen LogP contribution in [-0.2, 0) is 9.53 Å². The molecule has 0 spiro atoms. The van der Waals surface area contributed by atoms with Crippen LogP contribution in [0.1, 0.15) is 54.4 Å². The van der Waals surface area contributed by atoms with Crippen LogP contribution >= 0.6 is 0 Å². The lowest BCUT2D eigenvalue weighted by molar-refractivity contribution is -0.133. The third-order valence-corrected chi connectivity index (χ3v) is 4.50. The lowest BCUT2D eigenvalue weighted by atomic mass is 9.93. The number of hydrogen-bond donors (Lipinski definition) is 1. The second kappa shape index (κ2) is 5.30. The largest absolute Gasteiger partial charge is 0.368 e. The van der Waals surface area contributed by atoms with Crippen molar-refractivity contribution in [3.05, 3.63) is 0 Å². The van der Waals surface area contributed by atoms with Gasteiger partial charge in [-0.25, -0.2) is 0 Å². The molecular formula is C16H30N2O2. The standard InChI is InChI=1S/C16H30N2O2/c1-11(2)14(19)18-8-7-12(10-18)17-13-9-15(3,4)20-16(13,5)6/h11-13,17H,7-10H2,1-6H3. The Balaban J connectivity index is 1.91. The molecule has 2 rings (SSSR count). The van der Waals surface area contributed by atoms with E-state index in [2.05, 4.69) is 33.0 Å². The minimum atomic E-state index is -0.140. The molecule has 2 heterocycles. The smallest absolute Gasteiger partial charge is 0.225 e. The molecule has 2 atom stereocenters. The molecule has 0 saturated carbocycles. The van der Waals surface area contributed by atoms with Crippen LogP contribution in [0.3, 0.4) is 0 Å². The maximum absolute atomic E-state index is 12.0. The summed E-state index contributed by atoms with van der Waals surface area (Å²) in [5, 5.41) is 3.73. The van der Waals surface area contributed by atoms with Gasteiger partial charge in [0.15, 0.2) is 0 Å². The number of ether oxygens (including phenoxy) is 1. The fraction of sp³-hybridized carbons (Fsp3) is 0.938. The van der Waals surface area contributed by atoms with Crippen molar-refractivity contribution in [3.8, 4) is 0 Å². The first-order valence-corrected chi connectivity index (χ1v) is 7.86. The first kappa shape index (κ1) is 15.8. The molecular weight excluding hydrogens is 252 g/mol. The fourth-order valence-electron chi connectivity index (χ4n) is 3.57. The van der Waals surface area contributed by atoms with Gasteiger partial charge in [-0.05, 0) is 40.5 Å². The highest BCUT2D eigenvalue weighted by molar-refractivity contribution is 5.78. The van der Waals surface area contributed by atoms with Gasteiger partial charge in [0.05, 0.1) is 11.2 Å². The van der Waals surface area contributed by atoms with E-state index in [1.807, 2.05) is 18.7 Å². The molecule has 4 heteroatoms. The number of rotatable bonds is 3. The van der Waals surface area contributed by atoms with E-state index >= 15 is 0 Å². The minimum absolute atomic E-state index is 0.0623. The van der Waals surface area contributed by atoms with E-state index in [9.17, 15) is 4.79 Å². The van der Waals surface area contributed by atoms with Crippen molar-refractivity contribution in [1.82, 2.24) is 10.2 Å². The van der Waals surface area contributed by atoms with Crippen molar-refractivity contribution >= 4 is 5.91 Å². The third kappa shape index (κ3) is 3.34. The van der Waals surface area contributed by atoms with Crippen LogP contribution in [0.15, 0.2) is 0 Å². The molecule has 4 nitrogen and oxygen atoms in total. The molecule has 0 aliphatic carbocycles. The number of nitrogens with zero attached hydrogens (tertiary/aromatic N) is 1. The summed E-state index contributed by atoms with van der Waals surface area (Å²) in [6.45, 7) is 14.3. The maximum atomic E-state index is 12.0. The molecule has 0 aromatic heterocycles. The molecule has 1 N–H and O–H groups in total. The molecule has 0 bridgehead atoms. The van der Waals surface area contributed by atoms with Crippen LogP contribution in [0.2, 0.25) is 0 Å². The number of hydrogen-bond acceptors (Lipinski definition) is 3. The van der Waals surface area contributed by atoms with Gasteiger partial charge in [0, 0.05) is 31.1 Å². The Labute approximate surface area is 123 Å². The summed E-state index contributed by atoms with van der Waals surface area (Å²) in [6, 6.07) is 0.760. The van der Waals surface area contributed by atoms with E-state index in [0.29, 0.717) is 12.1 Å². The van der Waals surface area contributed by atoms with Crippen molar-refractivity contribution in [1.29, 1.82) is 0 Å². The average molecular weight is 282 g/mol. The molecule has 2 fully saturated rings. The van der Waals surface area contributed by atoms with Crippen molar-refractivity contribution in [3.63, 3.8) is 0 Å². The van der Waals surface area contributed by atoms with E-state index in [0.717, 1.165) is 25.9 Å². The number of amides is 1. The Morgan fingerprint density at radius 3 is 2.45 bits per heavy atom. The van der Waals surface area contributed by atoms with Gasteiger partial charge in [-0.2, -0.15) is 0 Å². The zero-order chi connectivity index (χ0) is 15.1. The summed E-state index contributed by atoms with van der Waals surface area (Å²) in [6.07, 6.45) is 2.07. The number of carbonyl (C=O) groups is 1. The van der Waals surface area contributed by atoms with Gasteiger partial charge in [-0.1, -0.05) is 13.8 Å². The van der Waals surface area contributed by atoms with E-state index in [1.165, 1.54) is 0 Å². The molecule has 2 aliphatic heterocycles. The van der Waals surface area contributed by atoms with Crippen molar-refractivity contribution < 1.29 is 9.53 Å². The van der Waals surface area contributed by atoms with E-state index in [-0.39, 0.29) is 23.0 Å². The van der Waals surface area contributed by atoms with Crippen molar-refractivity contribution in [2.45, 2.75) is 77.7 Å². The maximum Gasteiger partial charge on any atom is 0.225 e. The monoisotopic (exact) mass is 282 g/mol. The van der Waals surface area contributed by atoms with Gasteiger partial charge >= 0.3 is 0 Å². The van der Waals surface area contributed by atoms with Crippen LogP contribution in [0.25, 0.3) is 0 Å². The lowest BCUT2D eigenvalue weighted by Gasteiger charge is -2.30. The highest BCUT2D eigenvalue weighted by Crippen LogP contribution is 2.37. The minimum Gasteiger partial charge on any atom is -0.368 e. The third-order valence-electron chi connectivity index (χ3n) is 4.50. The molecule has 2 saturated heterocycles. The zero-order valence-corrected chi connectivity index (χ0v) is 13.8. The van der Waals surface area contributed by atoms with Crippen LogP contribution < -0.4 is 5.32 Å². The predicted octanol–water partition coefficient (Wildman–Crippen LogP) is 2.18.